The van der Waals surface area contributed by atoms with Crippen molar-refractivity contribution in [3.63, 3.8) is 0 Å². The average molecular weight is 181 g/mol. The predicted octanol–water partition coefficient (Wildman–Crippen LogP) is 2.36. The van der Waals surface area contributed by atoms with Crippen LogP contribution in [0.2, 0.25) is 0 Å². The van der Waals surface area contributed by atoms with Gasteiger partial charge in [0.25, 0.3) is 0 Å². The first kappa shape index (κ1) is 9.58. The van der Waals surface area contributed by atoms with E-state index >= 15 is 0 Å². The molecule has 0 fully saturated rings. The van der Waals surface area contributed by atoms with E-state index in [1.165, 1.54) is 18.2 Å². The normalized spacial score (nSPS) is 10.6. The van der Waals surface area contributed by atoms with Gasteiger partial charge in [0.1, 0.15) is 18.2 Å². The Bertz CT molecular complexity index is 310. The second kappa shape index (κ2) is 4.50. The van der Waals surface area contributed by atoms with Gasteiger partial charge in [0.15, 0.2) is 0 Å². The summed E-state index contributed by atoms with van der Waals surface area (Å²) >= 11 is 0. The van der Waals surface area contributed by atoms with Gasteiger partial charge in [-0.15, -0.1) is 0 Å². The van der Waals surface area contributed by atoms with Gasteiger partial charge in [0, 0.05) is 6.07 Å². The summed E-state index contributed by atoms with van der Waals surface area (Å²) in [6.07, 6.45) is 3.68. The van der Waals surface area contributed by atoms with Crippen LogP contribution in [0.25, 0.3) is 0 Å². The molecule has 3 heteroatoms. The van der Waals surface area contributed by atoms with E-state index in [4.69, 9.17) is 10.5 Å². The van der Waals surface area contributed by atoms with Crippen molar-refractivity contribution in [2.24, 2.45) is 0 Å². The Morgan fingerprint density at radius 1 is 1.54 bits per heavy atom. The van der Waals surface area contributed by atoms with Crippen LogP contribution in [0.5, 0.6) is 5.75 Å². The van der Waals surface area contributed by atoms with Crippen LogP contribution in [0.1, 0.15) is 6.92 Å². The van der Waals surface area contributed by atoms with Crippen LogP contribution in [0.4, 0.5) is 10.1 Å². The number of nitrogen functional groups attached to an aromatic ring is 1. The summed E-state index contributed by atoms with van der Waals surface area (Å²) in [7, 11) is 0. The van der Waals surface area contributed by atoms with Gasteiger partial charge in [-0.2, -0.15) is 0 Å². The van der Waals surface area contributed by atoms with Crippen LogP contribution in [-0.2, 0) is 0 Å². The first-order chi connectivity index (χ1) is 6.24. The zero-order valence-electron chi connectivity index (χ0n) is 7.46. The van der Waals surface area contributed by atoms with Crippen molar-refractivity contribution in [2.45, 2.75) is 6.92 Å². The number of hydrogen-bond donors (Lipinski definition) is 1. The van der Waals surface area contributed by atoms with Crippen molar-refractivity contribution >= 4 is 5.69 Å². The highest BCUT2D eigenvalue weighted by molar-refractivity contribution is 5.52. The van der Waals surface area contributed by atoms with E-state index in [1.54, 1.807) is 0 Å². The molecule has 0 aliphatic rings. The lowest BCUT2D eigenvalue weighted by molar-refractivity contribution is 0.362. The number of hydrogen-bond acceptors (Lipinski definition) is 2. The molecule has 0 bridgehead atoms. The van der Waals surface area contributed by atoms with Gasteiger partial charge < -0.3 is 10.5 Å². The molecule has 0 saturated heterocycles. The Kier molecular flexibility index (Phi) is 3.31. The summed E-state index contributed by atoms with van der Waals surface area (Å²) in [6.45, 7) is 2.29. The zero-order chi connectivity index (χ0) is 9.68. The third kappa shape index (κ3) is 2.78. The highest BCUT2D eigenvalue weighted by Crippen LogP contribution is 2.21. The van der Waals surface area contributed by atoms with E-state index in [1.807, 2.05) is 19.1 Å². The Hall–Kier alpha value is -1.51. The number of ether oxygens (including phenoxy) is 1. The first-order valence-electron chi connectivity index (χ1n) is 4.03. The van der Waals surface area contributed by atoms with Crippen molar-refractivity contribution in [3.8, 4) is 5.75 Å². The third-order valence-corrected chi connectivity index (χ3v) is 1.55. The van der Waals surface area contributed by atoms with Crippen LogP contribution >= 0.6 is 0 Å². The van der Waals surface area contributed by atoms with Gasteiger partial charge in [0.05, 0.1) is 5.69 Å². The van der Waals surface area contributed by atoms with Gasteiger partial charge >= 0.3 is 0 Å². The fraction of sp³-hybridized carbons (Fsp3) is 0.200. The molecule has 2 N–H and O–H groups in total. The number of benzene rings is 1. The molecule has 0 radical (unpaired) electrons. The average Bonchev–Trinajstić information content (AvgIpc) is 2.11. The molecular weight excluding hydrogens is 169 g/mol. The van der Waals surface area contributed by atoms with Gasteiger partial charge in [-0.05, 0) is 19.1 Å². The lowest BCUT2D eigenvalue weighted by atomic mass is 10.3. The van der Waals surface area contributed by atoms with Gasteiger partial charge in [-0.1, -0.05) is 12.2 Å². The largest absolute Gasteiger partial charge is 0.487 e. The van der Waals surface area contributed by atoms with Gasteiger partial charge in [-0.25, -0.2) is 4.39 Å². The fourth-order valence-electron chi connectivity index (χ4n) is 0.867. The van der Waals surface area contributed by atoms with E-state index in [0.29, 0.717) is 18.0 Å². The highest BCUT2D eigenvalue weighted by Gasteiger charge is 2.00. The highest BCUT2D eigenvalue weighted by atomic mass is 19.1. The molecule has 1 rings (SSSR count). The molecule has 1 aromatic rings. The van der Waals surface area contributed by atoms with Gasteiger partial charge in [0.2, 0.25) is 0 Å². The number of allylic oxidation sites excluding steroid dienone is 1. The minimum Gasteiger partial charge on any atom is -0.487 e. The summed E-state index contributed by atoms with van der Waals surface area (Å²) in [6, 6.07) is 4.07. The molecule has 0 aliphatic carbocycles. The minimum atomic E-state index is -0.343. The molecule has 0 atom stereocenters. The number of anilines is 1. The van der Waals surface area contributed by atoms with Crippen LogP contribution in [0.15, 0.2) is 30.4 Å². The molecule has 0 spiro atoms. The molecule has 0 amide bonds. The quantitative estimate of drug-likeness (QED) is 0.574. The standard InChI is InChI=1S/C10H12FNO/c1-2-3-6-13-10-7-8(11)4-5-9(10)12/h2-5,7H,6,12H2,1H3/b3-2+. The topological polar surface area (TPSA) is 35.2 Å². The lowest BCUT2D eigenvalue weighted by Crippen LogP contribution is -1.98. The number of rotatable bonds is 3. The smallest absolute Gasteiger partial charge is 0.145 e. The van der Waals surface area contributed by atoms with E-state index in [2.05, 4.69) is 0 Å². The summed E-state index contributed by atoms with van der Waals surface area (Å²) < 4.78 is 17.9. The fourth-order valence-corrected chi connectivity index (χ4v) is 0.867. The molecule has 0 unspecified atom stereocenters. The predicted molar refractivity (Wildman–Crippen MR) is 51.1 cm³/mol. The molecule has 70 valence electrons. The summed E-state index contributed by atoms with van der Waals surface area (Å²) in [5.41, 5.74) is 6.01. The van der Waals surface area contributed by atoms with Crippen molar-refractivity contribution in [1.82, 2.24) is 0 Å². The summed E-state index contributed by atoms with van der Waals surface area (Å²) in [4.78, 5) is 0. The second-order valence-electron chi connectivity index (χ2n) is 2.56. The van der Waals surface area contributed by atoms with Gasteiger partial charge in [-0.3, -0.25) is 0 Å². The molecule has 2 nitrogen and oxygen atoms in total. The Labute approximate surface area is 76.8 Å². The monoisotopic (exact) mass is 181 g/mol. The van der Waals surface area contributed by atoms with Crippen LogP contribution in [0.3, 0.4) is 0 Å². The molecule has 0 saturated carbocycles. The molecule has 1 aromatic carbocycles. The second-order valence-corrected chi connectivity index (χ2v) is 2.56. The first-order valence-corrected chi connectivity index (χ1v) is 4.03. The molecule has 13 heavy (non-hydrogen) atoms. The molecule has 0 aromatic heterocycles. The minimum absolute atomic E-state index is 0.343. The molecule has 0 aliphatic heterocycles. The Morgan fingerprint density at radius 3 is 3.00 bits per heavy atom. The number of nitrogens with two attached hydrogens (primary N) is 1. The van der Waals surface area contributed by atoms with Crippen LogP contribution in [-0.4, -0.2) is 6.61 Å². The maximum atomic E-state index is 12.7. The molecular formula is C10H12FNO. The SMILES string of the molecule is C/C=C/COc1cc(F)ccc1N. The maximum absolute atomic E-state index is 12.7. The van der Waals surface area contributed by atoms with E-state index in [-0.39, 0.29) is 5.82 Å². The van der Waals surface area contributed by atoms with Crippen molar-refractivity contribution in [1.29, 1.82) is 0 Å². The van der Waals surface area contributed by atoms with Crippen LogP contribution < -0.4 is 10.5 Å². The summed E-state index contributed by atoms with van der Waals surface area (Å²) in [5, 5.41) is 0. The number of halogens is 1. The lowest BCUT2D eigenvalue weighted by Gasteiger charge is -2.05. The molecule has 0 heterocycles. The van der Waals surface area contributed by atoms with Crippen LogP contribution in [0, 0.1) is 5.82 Å². The van der Waals surface area contributed by atoms with E-state index < -0.39 is 0 Å². The zero-order valence-corrected chi connectivity index (χ0v) is 7.46. The van der Waals surface area contributed by atoms with Crippen molar-refractivity contribution in [2.75, 3.05) is 12.3 Å². The van der Waals surface area contributed by atoms with Crippen molar-refractivity contribution < 1.29 is 9.13 Å². The van der Waals surface area contributed by atoms with E-state index in [9.17, 15) is 4.39 Å². The van der Waals surface area contributed by atoms with E-state index in [0.717, 1.165) is 0 Å². The summed E-state index contributed by atoms with van der Waals surface area (Å²) in [5.74, 6) is 0.0442. The third-order valence-electron chi connectivity index (χ3n) is 1.55. The van der Waals surface area contributed by atoms with Crippen molar-refractivity contribution in [3.05, 3.63) is 36.2 Å². The Morgan fingerprint density at radius 2 is 2.31 bits per heavy atom. The Balaban J connectivity index is 2.69. The maximum Gasteiger partial charge on any atom is 0.145 e.